The first-order valence-corrected chi connectivity index (χ1v) is 7.92. The van der Waals surface area contributed by atoms with Crippen LogP contribution in [0.5, 0.6) is 0 Å². The van der Waals surface area contributed by atoms with Crippen LogP contribution in [-0.4, -0.2) is 16.1 Å². The van der Waals surface area contributed by atoms with Gasteiger partial charge < -0.3 is 0 Å². The number of nitrogens with one attached hydrogen (secondary N) is 1. The molecule has 6 heteroatoms. The number of aromatic nitrogens is 2. The number of carbonyl (C=O) groups excluding carboxylic acids is 1. The van der Waals surface area contributed by atoms with E-state index in [9.17, 15) is 4.79 Å². The molecular formula is C15H11N3OS2. The predicted molar refractivity (Wildman–Crippen MR) is 87.3 cm³/mol. The van der Waals surface area contributed by atoms with E-state index in [1.165, 1.54) is 17.4 Å². The molecule has 1 N–H and O–H groups in total. The van der Waals surface area contributed by atoms with Crippen LogP contribution >= 0.6 is 22.7 Å². The van der Waals surface area contributed by atoms with E-state index in [0.717, 1.165) is 15.4 Å². The molecule has 0 radical (unpaired) electrons. The first kappa shape index (κ1) is 13.7. The Morgan fingerprint density at radius 3 is 2.71 bits per heavy atom. The molecule has 0 bridgehead atoms. The number of hydrogen-bond donors (Lipinski definition) is 1. The first-order valence-electron chi connectivity index (χ1n) is 6.23. The number of thiophene rings is 1. The van der Waals surface area contributed by atoms with Gasteiger partial charge in [-0.05, 0) is 23.1 Å². The second kappa shape index (κ2) is 6.43. The molecule has 0 fully saturated rings. The summed E-state index contributed by atoms with van der Waals surface area (Å²) in [7, 11) is 0. The summed E-state index contributed by atoms with van der Waals surface area (Å²) in [6.45, 7) is 0. The quantitative estimate of drug-likeness (QED) is 0.743. The van der Waals surface area contributed by atoms with Crippen molar-refractivity contribution in [3.05, 3.63) is 59.5 Å². The highest BCUT2D eigenvalue weighted by Crippen LogP contribution is 2.29. The molecule has 1 amide bonds. The van der Waals surface area contributed by atoms with Crippen LogP contribution in [0.2, 0.25) is 0 Å². The van der Waals surface area contributed by atoms with Gasteiger partial charge in [0.25, 0.3) is 0 Å². The standard InChI is InChI=1S/C15H11N3OS2/c19-13(9-8-11-5-2-1-3-6-11)16-15-18-17-14(21-15)12-7-4-10-20-12/h1-10H,(H,16,18,19)/b9-8+. The van der Waals surface area contributed by atoms with Crippen molar-refractivity contribution in [2.45, 2.75) is 0 Å². The van der Waals surface area contributed by atoms with Gasteiger partial charge in [-0.25, -0.2) is 0 Å². The Bertz CT molecular complexity index is 748. The molecule has 2 heterocycles. The third kappa shape index (κ3) is 3.62. The average molecular weight is 313 g/mol. The number of rotatable bonds is 4. The van der Waals surface area contributed by atoms with Crippen LogP contribution in [0.3, 0.4) is 0 Å². The molecular weight excluding hydrogens is 302 g/mol. The smallest absolute Gasteiger partial charge is 0.250 e. The zero-order chi connectivity index (χ0) is 14.5. The highest BCUT2D eigenvalue weighted by Gasteiger charge is 2.08. The first-order chi connectivity index (χ1) is 10.3. The van der Waals surface area contributed by atoms with Crippen LogP contribution < -0.4 is 5.32 Å². The minimum Gasteiger partial charge on any atom is -0.297 e. The summed E-state index contributed by atoms with van der Waals surface area (Å²) in [6.07, 6.45) is 3.25. The van der Waals surface area contributed by atoms with Gasteiger partial charge in [0, 0.05) is 6.08 Å². The maximum absolute atomic E-state index is 11.8. The van der Waals surface area contributed by atoms with Crippen LogP contribution in [0.4, 0.5) is 5.13 Å². The zero-order valence-corrected chi connectivity index (χ0v) is 12.5. The van der Waals surface area contributed by atoms with Crippen LogP contribution in [0.15, 0.2) is 53.9 Å². The van der Waals surface area contributed by atoms with Crippen molar-refractivity contribution in [3.8, 4) is 9.88 Å². The fourth-order valence-electron chi connectivity index (χ4n) is 1.66. The molecule has 0 saturated heterocycles. The number of anilines is 1. The van der Waals surface area contributed by atoms with Gasteiger partial charge in [0.15, 0.2) is 5.01 Å². The van der Waals surface area contributed by atoms with Gasteiger partial charge >= 0.3 is 0 Å². The maximum Gasteiger partial charge on any atom is 0.250 e. The molecule has 1 aromatic carbocycles. The molecule has 4 nitrogen and oxygen atoms in total. The van der Waals surface area contributed by atoms with Crippen molar-refractivity contribution in [2.75, 3.05) is 5.32 Å². The Balaban J connectivity index is 1.64. The normalized spacial score (nSPS) is 10.9. The summed E-state index contributed by atoms with van der Waals surface area (Å²) in [6, 6.07) is 13.6. The van der Waals surface area contributed by atoms with Crippen LogP contribution in [0.1, 0.15) is 5.56 Å². The molecule has 2 aromatic heterocycles. The second-order valence-corrected chi connectivity index (χ2v) is 6.05. The molecule has 0 atom stereocenters. The van der Waals surface area contributed by atoms with Crippen molar-refractivity contribution in [1.82, 2.24) is 10.2 Å². The highest BCUT2D eigenvalue weighted by molar-refractivity contribution is 7.23. The number of hydrogen-bond acceptors (Lipinski definition) is 5. The molecule has 21 heavy (non-hydrogen) atoms. The van der Waals surface area contributed by atoms with E-state index in [1.54, 1.807) is 17.4 Å². The number of carbonyl (C=O) groups is 1. The van der Waals surface area contributed by atoms with Gasteiger partial charge in [0.1, 0.15) is 0 Å². The summed E-state index contributed by atoms with van der Waals surface area (Å²) >= 11 is 2.96. The molecule has 0 spiro atoms. The zero-order valence-electron chi connectivity index (χ0n) is 10.9. The molecule has 0 aliphatic rings. The SMILES string of the molecule is O=C(/C=C/c1ccccc1)Nc1nnc(-c2cccs2)s1. The van der Waals surface area contributed by atoms with Gasteiger partial charge in [0.05, 0.1) is 4.88 Å². The van der Waals surface area contributed by atoms with E-state index in [2.05, 4.69) is 15.5 Å². The fourth-order valence-corrected chi connectivity index (χ4v) is 3.20. The lowest BCUT2D eigenvalue weighted by atomic mass is 10.2. The summed E-state index contributed by atoms with van der Waals surface area (Å²) in [5.41, 5.74) is 0.976. The van der Waals surface area contributed by atoms with E-state index in [1.807, 2.05) is 47.8 Å². The van der Waals surface area contributed by atoms with Crippen LogP contribution in [-0.2, 0) is 4.79 Å². The fraction of sp³-hybridized carbons (Fsp3) is 0. The van der Waals surface area contributed by atoms with E-state index in [0.29, 0.717) is 5.13 Å². The lowest BCUT2D eigenvalue weighted by molar-refractivity contribution is -0.111. The lowest BCUT2D eigenvalue weighted by Crippen LogP contribution is -2.07. The van der Waals surface area contributed by atoms with Crippen molar-refractivity contribution in [1.29, 1.82) is 0 Å². The molecule has 0 unspecified atom stereocenters. The largest absolute Gasteiger partial charge is 0.297 e. The Kier molecular flexibility index (Phi) is 4.18. The van der Waals surface area contributed by atoms with E-state index in [4.69, 9.17) is 0 Å². The summed E-state index contributed by atoms with van der Waals surface area (Å²) in [4.78, 5) is 12.9. The topological polar surface area (TPSA) is 54.9 Å². The molecule has 3 rings (SSSR count). The van der Waals surface area contributed by atoms with Gasteiger partial charge in [-0.2, -0.15) is 0 Å². The highest BCUT2D eigenvalue weighted by atomic mass is 32.1. The molecule has 3 aromatic rings. The maximum atomic E-state index is 11.8. The van der Waals surface area contributed by atoms with Crippen molar-refractivity contribution < 1.29 is 4.79 Å². The Morgan fingerprint density at radius 1 is 1.10 bits per heavy atom. The van der Waals surface area contributed by atoms with E-state index >= 15 is 0 Å². The van der Waals surface area contributed by atoms with Crippen LogP contribution in [0.25, 0.3) is 16.0 Å². The number of nitrogens with zero attached hydrogens (tertiary/aromatic N) is 2. The Hall–Kier alpha value is -2.31. The Labute approximate surface area is 129 Å². The Morgan fingerprint density at radius 2 is 1.95 bits per heavy atom. The van der Waals surface area contributed by atoms with E-state index in [-0.39, 0.29) is 5.91 Å². The summed E-state index contributed by atoms with van der Waals surface area (Å²) in [5.74, 6) is -0.215. The average Bonchev–Trinajstić information content (AvgIpc) is 3.17. The third-order valence-electron chi connectivity index (χ3n) is 2.61. The number of amides is 1. The third-order valence-corrected chi connectivity index (χ3v) is 4.49. The van der Waals surface area contributed by atoms with Gasteiger partial charge in [-0.3, -0.25) is 10.1 Å². The predicted octanol–water partition coefficient (Wildman–Crippen LogP) is 3.92. The van der Waals surface area contributed by atoms with Crippen LogP contribution in [0, 0.1) is 0 Å². The minimum atomic E-state index is -0.215. The lowest BCUT2D eigenvalue weighted by Gasteiger charge is -1.94. The summed E-state index contributed by atoms with van der Waals surface area (Å²) in [5, 5.41) is 14.1. The monoisotopic (exact) mass is 313 g/mol. The second-order valence-electron chi connectivity index (χ2n) is 4.12. The van der Waals surface area contributed by atoms with Crippen molar-refractivity contribution in [2.24, 2.45) is 0 Å². The van der Waals surface area contributed by atoms with E-state index < -0.39 is 0 Å². The summed E-state index contributed by atoms with van der Waals surface area (Å²) < 4.78 is 0. The van der Waals surface area contributed by atoms with Gasteiger partial charge in [-0.15, -0.1) is 21.5 Å². The number of benzene rings is 1. The van der Waals surface area contributed by atoms with Gasteiger partial charge in [0.2, 0.25) is 11.0 Å². The molecule has 104 valence electrons. The van der Waals surface area contributed by atoms with Crippen molar-refractivity contribution >= 4 is 39.8 Å². The molecule has 0 saturated carbocycles. The molecule has 0 aliphatic heterocycles. The molecule has 0 aliphatic carbocycles. The van der Waals surface area contributed by atoms with Crippen molar-refractivity contribution in [3.63, 3.8) is 0 Å². The van der Waals surface area contributed by atoms with Gasteiger partial charge in [-0.1, -0.05) is 47.7 Å². The minimum absolute atomic E-state index is 0.215.